The molecule has 0 aliphatic carbocycles. The monoisotopic (exact) mass is 543 g/mol. The van der Waals surface area contributed by atoms with E-state index in [2.05, 4.69) is 22.6 Å². The topological polar surface area (TPSA) is 61.4 Å². The number of nitrogens with one attached hydrogen (secondary N) is 2. The van der Waals surface area contributed by atoms with Crippen LogP contribution in [-0.4, -0.2) is 36.9 Å². The average Bonchev–Trinajstić information content (AvgIpc) is 2.87. The Morgan fingerprint density at radius 3 is 2.11 bits per heavy atom. The summed E-state index contributed by atoms with van der Waals surface area (Å²) in [5.41, 5.74) is 3.47. The smallest absolute Gasteiger partial charge is 0.253 e. The number of benzene rings is 3. The van der Waals surface area contributed by atoms with E-state index in [4.69, 9.17) is 34.8 Å². The number of hydrogen-bond donors (Lipinski definition) is 2. The van der Waals surface area contributed by atoms with Crippen molar-refractivity contribution in [3.63, 3.8) is 0 Å². The highest BCUT2D eigenvalue weighted by molar-refractivity contribution is 6.36. The molecule has 1 fully saturated rings. The standard InChI is InChI=1S/C28H28Cl3N3O2/c1-34-13-12-23(20-6-8-21(29)9-7-20)25(17-34)28(36)33-16-19-4-2-18(3-5-19)15-32-27(35)24-11-10-22(30)14-26(24)31/h2-11,14,23,25H,12-13,15-17H2,1H3,(H,32,35)(H,33,36)/t23-,25+/m0/s1. The van der Waals surface area contributed by atoms with Crippen molar-refractivity contribution in [2.45, 2.75) is 25.4 Å². The van der Waals surface area contributed by atoms with Crippen molar-refractivity contribution in [3.05, 3.63) is 104 Å². The van der Waals surface area contributed by atoms with Crippen molar-refractivity contribution in [2.75, 3.05) is 20.1 Å². The van der Waals surface area contributed by atoms with Crippen LogP contribution in [0.15, 0.2) is 66.7 Å². The van der Waals surface area contributed by atoms with Crippen LogP contribution in [0.3, 0.4) is 0 Å². The maximum Gasteiger partial charge on any atom is 0.253 e. The Morgan fingerprint density at radius 1 is 0.861 bits per heavy atom. The third kappa shape index (κ3) is 6.80. The highest BCUT2D eigenvalue weighted by Crippen LogP contribution is 2.33. The lowest BCUT2D eigenvalue weighted by atomic mass is 9.80. The minimum atomic E-state index is -0.263. The summed E-state index contributed by atoms with van der Waals surface area (Å²) >= 11 is 18.1. The predicted molar refractivity (Wildman–Crippen MR) is 146 cm³/mol. The van der Waals surface area contributed by atoms with Crippen molar-refractivity contribution < 1.29 is 9.59 Å². The Bertz CT molecular complexity index is 1220. The molecule has 8 heteroatoms. The van der Waals surface area contributed by atoms with Gasteiger partial charge in [0.1, 0.15) is 0 Å². The lowest BCUT2D eigenvalue weighted by Gasteiger charge is -2.36. The SMILES string of the molecule is CN1CC[C@@H](c2ccc(Cl)cc2)[C@H](C(=O)NCc2ccc(CNC(=O)c3ccc(Cl)cc3Cl)cc2)C1. The van der Waals surface area contributed by atoms with E-state index in [1.807, 2.05) is 48.5 Å². The molecule has 0 radical (unpaired) electrons. The first-order valence-corrected chi connectivity index (χ1v) is 13.0. The molecule has 36 heavy (non-hydrogen) atoms. The highest BCUT2D eigenvalue weighted by Gasteiger charge is 2.34. The van der Waals surface area contributed by atoms with Gasteiger partial charge in [-0.05, 0) is 73.0 Å². The van der Waals surface area contributed by atoms with Gasteiger partial charge in [-0.15, -0.1) is 0 Å². The van der Waals surface area contributed by atoms with Gasteiger partial charge in [0.15, 0.2) is 0 Å². The fourth-order valence-corrected chi connectivity index (χ4v) is 5.16. The molecule has 0 unspecified atom stereocenters. The Hall–Kier alpha value is -2.57. The molecule has 3 aromatic rings. The van der Waals surface area contributed by atoms with Gasteiger partial charge in [0.2, 0.25) is 5.91 Å². The van der Waals surface area contributed by atoms with Gasteiger partial charge in [-0.2, -0.15) is 0 Å². The number of hydrogen-bond acceptors (Lipinski definition) is 3. The Kier molecular flexibility index (Phi) is 8.91. The quantitative estimate of drug-likeness (QED) is 0.388. The number of amides is 2. The maximum absolute atomic E-state index is 13.2. The van der Waals surface area contributed by atoms with Crippen LogP contribution in [0.4, 0.5) is 0 Å². The first kappa shape index (κ1) is 26.5. The number of halogens is 3. The molecule has 2 N–H and O–H groups in total. The van der Waals surface area contributed by atoms with Gasteiger partial charge in [0.25, 0.3) is 5.91 Å². The van der Waals surface area contributed by atoms with Crippen LogP contribution in [0.25, 0.3) is 0 Å². The molecule has 2 atom stereocenters. The van der Waals surface area contributed by atoms with E-state index in [0.29, 0.717) is 33.7 Å². The second-order valence-corrected chi connectivity index (χ2v) is 10.4. The molecule has 0 saturated carbocycles. The van der Waals surface area contributed by atoms with Gasteiger partial charge in [-0.25, -0.2) is 0 Å². The molecule has 4 rings (SSSR count). The van der Waals surface area contributed by atoms with Crippen molar-refractivity contribution in [1.82, 2.24) is 15.5 Å². The zero-order valence-corrected chi connectivity index (χ0v) is 22.2. The summed E-state index contributed by atoms with van der Waals surface area (Å²) in [5.74, 6) is -0.170. The second-order valence-electron chi connectivity index (χ2n) is 9.16. The minimum Gasteiger partial charge on any atom is -0.352 e. The van der Waals surface area contributed by atoms with Crippen molar-refractivity contribution in [3.8, 4) is 0 Å². The number of nitrogens with zero attached hydrogens (tertiary/aromatic N) is 1. The first-order chi connectivity index (χ1) is 17.3. The van der Waals surface area contributed by atoms with Gasteiger partial charge in [-0.1, -0.05) is 71.2 Å². The molecule has 1 heterocycles. The third-order valence-corrected chi connectivity index (χ3v) is 7.37. The van der Waals surface area contributed by atoms with Crippen LogP contribution in [0, 0.1) is 5.92 Å². The largest absolute Gasteiger partial charge is 0.352 e. The number of rotatable bonds is 7. The second kappa shape index (κ2) is 12.1. The predicted octanol–water partition coefficient (Wildman–Crippen LogP) is 5.93. The summed E-state index contributed by atoms with van der Waals surface area (Å²) in [6, 6.07) is 20.4. The summed E-state index contributed by atoms with van der Waals surface area (Å²) in [4.78, 5) is 27.8. The van der Waals surface area contributed by atoms with E-state index in [0.717, 1.165) is 36.2 Å². The molecule has 5 nitrogen and oxygen atoms in total. The van der Waals surface area contributed by atoms with E-state index in [9.17, 15) is 9.59 Å². The summed E-state index contributed by atoms with van der Waals surface area (Å²) < 4.78 is 0. The lowest BCUT2D eigenvalue weighted by molar-refractivity contribution is -0.127. The van der Waals surface area contributed by atoms with Crippen molar-refractivity contribution in [1.29, 1.82) is 0 Å². The molecular formula is C28H28Cl3N3O2. The highest BCUT2D eigenvalue weighted by atomic mass is 35.5. The minimum absolute atomic E-state index is 0.0534. The van der Waals surface area contributed by atoms with Crippen molar-refractivity contribution in [2.24, 2.45) is 5.92 Å². The summed E-state index contributed by atoms with van der Waals surface area (Å²) in [6.45, 7) is 2.48. The van der Waals surface area contributed by atoms with Gasteiger partial charge >= 0.3 is 0 Å². The summed E-state index contributed by atoms with van der Waals surface area (Å²) in [7, 11) is 2.05. The lowest BCUT2D eigenvalue weighted by Crippen LogP contribution is -2.45. The molecule has 1 aliphatic heterocycles. The molecule has 2 amide bonds. The molecule has 0 bridgehead atoms. The van der Waals surface area contributed by atoms with Crippen LogP contribution in [0.1, 0.15) is 39.4 Å². The van der Waals surface area contributed by atoms with Gasteiger partial charge in [0, 0.05) is 29.7 Å². The maximum atomic E-state index is 13.2. The van der Waals surface area contributed by atoms with E-state index >= 15 is 0 Å². The van der Waals surface area contributed by atoms with Crippen LogP contribution in [0.2, 0.25) is 15.1 Å². The summed E-state index contributed by atoms with van der Waals surface area (Å²) in [5, 5.41) is 7.48. The Labute approximate surface area is 226 Å². The molecule has 0 spiro atoms. The van der Waals surface area contributed by atoms with E-state index in [1.165, 1.54) is 0 Å². The molecule has 188 valence electrons. The molecular weight excluding hydrogens is 517 g/mol. The van der Waals surface area contributed by atoms with Crippen LogP contribution in [-0.2, 0) is 17.9 Å². The van der Waals surface area contributed by atoms with Gasteiger partial charge in [0.05, 0.1) is 16.5 Å². The fourth-order valence-electron chi connectivity index (χ4n) is 4.54. The number of carbonyl (C=O) groups excluding carboxylic acids is 2. The normalized spacial score (nSPS) is 18.0. The third-order valence-electron chi connectivity index (χ3n) is 6.57. The zero-order chi connectivity index (χ0) is 25.7. The van der Waals surface area contributed by atoms with E-state index in [-0.39, 0.29) is 23.7 Å². The average molecular weight is 545 g/mol. The molecule has 1 aliphatic rings. The van der Waals surface area contributed by atoms with Crippen molar-refractivity contribution >= 4 is 46.6 Å². The first-order valence-electron chi connectivity index (χ1n) is 11.8. The van der Waals surface area contributed by atoms with E-state index < -0.39 is 0 Å². The van der Waals surface area contributed by atoms with Gasteiger partial charge < -0.3 is 15.5 Å². The van der Waals surface area contributed by atoms with Crippen LogP contribution in [0.5, 0.6) is 0 Å². The Morgan fingerprint density at radius 2 is 1.47 bits per heavy atom. The van der Waals surface area contributed by atoms with Gasteiger partial charge in [-0.3, -0.25) is 9.59 Å². The number of piperidine rings is 1. The molecule has 0 aromatic heterocycles. The van der Waals surface area contributed by atoms with Crippen LogP contribution >= 0.6 is 34.8 Å². The molecule has 3 aromatic carbocycles. The Balaban J connectivity index is 1.32. The fraction of sp³-hybridized carbons (Fsp3) is 0.286. The number of carbonyl (C=O) groups is 2. The van der Waals surface area contributed by atoms with Crippen LogP contribution < -0.4 is 10.6 Å². The molecule has 1 saturated heterocycles. The zero-order valence-electron chi connectivity index (χ0n) is 19.9. The van der Waals surface area contributed by atoms with E-state index in [1.54, 1.807) is 18.2 Å². The summed E-state index contributed by atoms with van der Waals surface area (Å²) in [6.07, 6.45) is 0.928. The number of likely N-dealkylation sites (tertiary alicyclic amines) is 1.